The summed E-state index contributed by atoms with van der Waals surface area (Å²) >= 11 is 6.29. The molecule has 0 unspecified atom stereocenters. The summed E-state index contributed by atoms with van der Waals surface area (Å²) in [6.45, 7) is 0. The van der Waals surface area contributed by atoms with E-state index in [9.17, 15) is 0 Å². The summed E-state index contributed by atoms with van der Waals surface area (Å²) in [6.07, 6.45) is 1.85. The Balaban J connectivity index is 1.49. The summed E-state index contributed by atoms with van der Waals surface area (Å²) in [4.78, 5) is 9.49. The molecule has 0 radical (unpaired) electrons. The molecule has 0 spiro atoms. The van der Waals surface area contributed by atoms with Gasteiger partial charge in [-0.15, -0.1) is 0 Å². The maximum absolute atomic E-state index is 6.29. The van der Waals surface area contributed by atoms with Crippen LogP contribution >= 0.6 is 11.6 Å². The predicted molar refractivity (Wildman–Crippen MR) is 138 cm³/mol. The molecule has 3 nitrogen and oxygen atoms in total. The number of aliphatic imine (C=N–C) groups is 1. The highest BCUT2D eigenvalue weighted by atomic mass is 35.5. The maximum Gasteiger partial charge on any atom is 0.118 e. The van der Waals surface area contributed by atoms with Crippen LogP contribution in [0.4, 0.5) is 5.69 Å². The summed E-state index contributed by atoms with van der Waals surface area (Å²) in [5.74, 6) is 0.830. The number of halogens is 1. The van der Waals surface area contributed by atoms with Crippen molar-refractivity contribution in [3.05, 3.63) is 114 Å². The molecular weight excluding hydrogens is 428 g/mol. The number of hydrogen-bond donors (Lipinski definition) is 0. The van der Waals surface area contributed by atoms with E-state index < -0.39 is 0 Å². The van der Waals surface area contributed by atoms with Gasteiger partial charge < -0.3 is 4.74 Å². The minimum atomic E-state index is 0.702. The van der Waals surface area contributed by atoms with Crippen LogP contribution in [0.1, 0.15) is 5.56 Å². The number of benzene rings is 4. The van der Waals surface area contributed by atoms with E-state index in [0.29, 0.717) is 5.02 Å². The van der Waals surface area contributed by atoms with Crippen LogP contribution in [0.15, 0.2) is 108 Å². The number of methoxy groups -OCH3 is 1. The van der Waals surface area contributed by atoms with E-state index in [2.05, 4.69) is 35.3 Å². The lowest BCUT2D eigenvalue weighted by atomic mass is 9.98. The average Bonchev–Trinajstić information content (AvgIpc) is 2.88. The molecule has 0 N–H and O–H groups in total. The molecule has 0 aliphatic rings. The topological polar surface area (TPSA) is 34.5 Å². The lowest BCUT2D eigenvalue weighted by molar-refractivity contribution is 0.415. The van der Waals surface area contributed by atoms with Crippen molar-refractivity contribution in [1.82, 2.24) is 4.98 Å². The third kappa shape index (κ3) is 4.64. The molecule has 1 aromatic heterocycles. The van der Waals surface area contributed by atoms with Crippen molar-refractivity contribution in [2.45, 2.75) is 0 Å². The Bertz CT molecular complexity index is 1430. The lowest BCUT2D eigenvalue weighted by Gasteiger charge is -2.11. The standard InChI is InChI=1S/C29H21ClN2O/c1-33-25-14-7-20(8-15-25)19-31-24-12-9-22(10-13-24)29-18-26(21-5-3-2-4-6-21)27-17-23(30)11-16-28(27)32-29/h2-19H,1H3. The summed E-state index contributed by atoms with van der Waals surface area (Å²) in [5, 5.41) is 1.74. The summed E-state index contributed by atoms with van der Waals surface area (Å²) < 4.78 is 5.20. The molecule has 0 saturated heterocycles. The van der Waals surface area contributed by atoms with Crippen LogP contribution in [-0.4, -0.2) is 18.3 Å². The number of rotatable bonds is 5. The first kappa shape index (κ1) is 20.9. The largest absolute Gasteiger partial charge is 0.497 e. The molecule has 160 valence electrons. The number of aromatic nitrogens is 1. The minimum Gasteiger partial charge on any atom is -0.497 e. The lowest BCUT2D eigenvalue weighted by Crippen LogP contribution is -1.90. The second-order valence-electron chi connectivity index (χ2n) is 7.66. The Morgan fingerprint density at radius 3 is 2.27 bits per heavy atom. The minimum absolute atomic E-state index is 0.702. The van der Waals surface area contributed by atoms with Crippen molar-refractivity contribution < 1.29 is 4.74 Å². The van der Waals surface area contributed by atoms with E-state index in [0.717, 1.165) is 50.3 Å². The third-order valence-electron chi connectivity index (χ3n) is 5.50. The number of nitrogens with zero attached hydrogens (tertiary/aromatic N) is 2. The molecule has 4 heteroatoms. The van der Waals surface area contributed by atoms with E-state index in [1.807, 2.05) is 79.0 Å². The van der Waals surface area contributed by atoms with Gasteiger partial charge in [0.25, 0.3) is 0 Å². The number of hydrogen-bond acceptors (Lipinski definition) is 3. The van der Waals surface area contributed by atoms with E-state index in [-0.39, 0.29) is 0 Å². The van der Waals surface area contributed by atoms with Crippen molar-refractivity contribution in [3.8, 4) is 28.1 Å². The zero-order chi connectivity index (χ0) is 22.6. The molecule has 1 heterocycles. The molecule has 0 fully saturated rings. The molecule has 0 aliphatic carbocycles. The second-order valence-corrected chi connectivity index (χ2v) is 8.10. The Hall–Kier alpha value is -3.95. The van der Waals surface area contributed by atoms with Gasteiger partial charge in [0.1, 0.15) is 5.75 Å². The second kappa shape index (κ2) is 9.27. The summed E-state index contributed by atoms with van der Waals surface area (Å²) in [6, 6.07) is 34.2. The molecule has 0 aliphatic heterocycles. The van der Waals surface area contributed by atoms with Gasteiger partial charge in [-0.3, -0.25) is 4.99 Å². The first-order chi connectivity index (χ1) is 16.2. The fourth-order valence-corrected chi connectivity index (χ4v) is 3.93. The zero-order valence-electron chi connectivity index (χ0n) is 18.1. The van der Waals surface area contributed by atoms with Crippen LogP contribution in [0.5, 0.6) is 5.75 Å². The van der Waals surface area contributed by atoms with Crippen LogP contribution in [0.2, 0.25) is 5.02 Å². The van der Waals surface area contributed by atoms with E-state index in [1.165, 1.54) is 0 Å². The third-order valence-corrected chi connectivity index (χ3v) is 5.73. The van der Waals surface area contributed by atoms with E-state index in [1.54, 1.807) is 7.11 Å². The highest BCUT2D eigenvalue weighted by Crippen LogP contribution is 2.34. The van der Waals surface area contributed by atoms with Crippen molar-refractivity contribution in [2.24, 2.45) is 4.99 Å². The van der Waals surface area contributed by atoms with Crippen molar-refractivity contribution in [2.75, 3.05) is 7.11 Å². The summed E-state index contributed by atoms with van der Waals surface area (Å²) in [7, 11) is 1.66. The highest BCUT2D eigenvalue weighted by molar-refractivity contribution is 6.31. The summed E-state index contributed by atoms with van der Waals surface area (Å²) in [5.41, 5.74) is 7.00. The first-order valence-electron chi connectivity index (χ1n) is 10.6. The highest BCUT2D eigenvalue weighted by Gasteiger charge is 2.10. The quantitative estimate of drug-likeness (QED) is 0.255. The maximum atomic E-state index is 6.29. The Labute approximate surface area is 198 Å². The van der Waals surface area contributed by atoms with Gasteiger partial charge in [0.15, 0.2) is 0 Å². The molecule has 5 aromatic rings. The SMILES string of the molecule is COc1ccc(C=Nc2ccc(-c3cc(-c4ccccc4)c4cc(Cl)ccc4n3)cc2)cc1. The normalized spacial score (nSPS) is 11.2. The Morgan fingerprint density at radius 2 is 1.55 bits per heavy atom. The van der Waals surface area contributed by atoms with E-state index >= 15 is 0 Å². The van der Waals surface area contributed by atoms with Gasteiger partial charge in [-0.2, -0.15) is 0 Å². The van der Waals surface area contributed by atoms with Crippen LogP contribution in [0.3, 0.4) is 0 Å². The van der Waals surface area contributed by atoms with E-state index in [4.69, 9.17) is 21.3 Å². The Kier molecular flexibility index (Phi) is 5.88. The molecular formula is C29H21ClN2O. The van der Waals surface area contributed by atoms with Crippen molar-refractivity contribution in [3.63, 3.8) is 0 Å². The van der Waals surface area contributed by atoms with Crippen LogP contribution < -0.4 is 4.74 Å². The van der Waals surface area contributed by atoms with Crippen LogP contribution in [0, 0.1) is 0 Å². The molecule has 5 rings (SSSR count). The smallest absolute Gasteiger partial charge is 0.118 e. The Morgan fingerprint density at radius 1 is 0.788 bits per heavy atom. The van der Waals surface area contributed by atoms with Gasteiger partial charge in [0.05, 0.1) is 24.0 Å². The molecule has 0 bridgehead atoms. The fourth-order valence-electron chi connectivity index (χ4n) is 3.76. The first-order valence-corrected chi connectivity index (χ1v) is 11.0. The molecule has 0 amide bonds. The van der Waals surface area contributed by atoms with Gasteiger partial charge in [-0.25, -0.2) is 4.98 Å². The van der Waals surface area contributed by atoms with Gasteiger partial charge in [-0.1, -0.05) is 54.1 Å². The van der Waals surface area contributed by atoms with Crippen molar-refractivity contribution in [1.29, 1.82) is 0 Å². The van der Waals surface area contributed by atoms with Gasteiger partial charge in [-0.05, 0) is 77.4 Å². The monoisotopic (exact) mass is 448 g/mol. The molecule has 4 aromatic carbocycles. The number of fused-ring (bicyclic) bond motifs is 1. The van der Waals surface area contributed by atoms with Crippen molar-refractivity contribution >= 4 is 34.4 Å². The number of pyridine rings is 1. The zero-order valence-corrected chi connectivity index (χ0v) is 18.8. The van der Waals surface area contributed by atoms with Gasteiger partial charge >= 0.3 is 0 Å². The van der Waals surface area contributed by atoms with Crippen LogP contribution in [0.25, 0.3) is 33.3 Å². The molecule has 0 atom stereocenters. The fraction of sp³-hybridized carbons (Fsp3) is 0.0345. The molecule has 33 heavy (non-hydrogen) atoms. The number of ether oxygens (including phenoxy) is 1. The average molecular weight is 449 g/mol. The van der Waals surface area contributed by atoms with Gasteiger partial charge in [0.2, 0.25) is 0 Å². The predicted octanol–water partition coefficient (Wildman–Crippen LogP) is 7.98. The van der Waals surface area contributed by atoms with Crippen LogP contribution in [-0.2, 0) is 0 Å². The molecule has 0 saturated carbocycles. The van der Waals surface area contributed by atoms with Gasteiger partial charge in [0, 0.05) is 22.2 Å².